The van der Waals surface area contributed by atoms with Crippen molar-refractivity contribution in [1.29, 1.82) is 0 Å². The Morgan fingerprint density at radius 1 is 1.43 bits per heavy atom. The molecule has 5 heteroatoms. The van der Waals surface area contributed by atoms with Crippen molar-refractivity contribution in [1.82, 2.24) is 15.1 Å². The second-order valence-electron chi connectivity index (χ2n) is 6.00. The van der Waals surface area contributed by atoms with Crippen molar-refractivity contribution in [3.8, 4) is 0 Å². The van der Waals surface area contributed by atoms with E-state index in [4.69, 9.17) is 4.42 Å². The summed E-state index contributed by atoms with van der Waals surface area (Å²) in [5.41, 5.74) is 0. The van der Waals surface area contributed by atoms with Gasteiger partial charge in [0.05, 0.1) is 6.26 Å². The van der Waals surface area contributed by atoms with E-state index in [1.807, 2.05) is 17.0 Å². The molecule has 2 aliphatic rings. The third-order valence-corrected chi connectivity index (χ3v) is 4.61. The molecule has 2 fully saturated rings. The summed E-state index contributed by atoms with van der Waals surface area (Å²) in [6.45, 7) is 6.69. The van der Waals surface area contributed by atoms with E-state index < -0.39 is 0 Å². The molecule has 3 heterocycles. The first-order chi connectivity index (χ1) is 10.3. The van der Waals surface area contributed by atoms with Crippen LogP contribution in [0.5, 0.6) is 0 Å². The first kappa shape index (κ1) is 14.6. The zero-order chi connectivity index (χ0) is 14.7. The molecule has 3 rings (SSSR count). The minimum atomic E-state index is -0.255. The van der Waals surface area contributed by atoms with Gasteiger partial charge in [-0.1, -0.05) is 6.92 Å². The molecule has 2 aliphatic heterocycles. The molecule has 0 aliphatic carbocycles. The van der Waals surface area contributed by atoms with Crippen molar-refractivity contribution in [2.24, 2.45) is 0 Å². The topological polar surface area (TPSA) is 48.7 Å². The van der Waals surface area contributed by atoms with Crippen molar-refractivity contribution in [2.45, 2.75) is 38.3 Å². The number of piperazine rings is 1. The van der Waals surface area contributed by atoms with Gasteiger partial charge in [-0.25, -0.2) is 0 Å². The maximum atomic E-state index is 12.9. The number of carbonyl (C=O) groups excluding carboxylic acids is 1. The number of nitrogens with one attached hydrogen (secondary N) is 1. The van der Waals surface area contributed by atoms with Crippen LogP contribution in [0.15, 0.2) is 22.8 Å². The molecule has 21 heavy (non-hydrogen) atoms. The Kier molecular flexibility index (Phi) is 4.60. The summed E-state index contributed by atoms with van der Waals surface area (Å²) >= 11 is 0. The van der Waals surface area contributed by atoms with Crippen molar-refractivity contribution >= 4 is 5.91 Å². The summed E-state index contributed by atoms with van der Waals surface area (Å²) in [5, 5.41) is 3.51. The first-order valence-corrected chi connectivity index (χ1v) is 8.09. The number of amides is 1. The SMILES string of the molecule is CCC1CN(C(C(=O)N2CCCC2)c2ccco2)CCN1. The zero-order valence-corrected chi connectivity index (χ0v) is 12.8. The minimum absolute atomic E-state index is 0.208. The Labute approximate surface area is 126 Å². The lowest BCUT2D eigenvalue weighted by molar-refractivity contribution is -0.137. The molecule has 0 spiro atoms. The van der Waals surface area contributed by atoms with Gasteiger partial charge in [0, 0.05) is 38.8 Å². The van der Waals surface area contributed by atoms with Crippen molar-refractivity contribution < 1.29 is 9.21 Å². The van der Waals surface area contributed by atoms with Crippen LogP contribution in [0.4, 0.5) is 0 Å². The Balaban J connectivity index is 1.80. The standard InChI is InChI=1S/C16H25N3O2/c1-2-13-12-19(10-7-17-13)15(14-6-5-11-21-14)16(20)18-8-3-4-9-18/h5-6,11,13,15,17H,2-4,7-10,12H2,1H3. The van der Waals surface area contributed by atoms with Crippen LogP contribution in [-0.4, -0.2) is 54.5 Å². The molecule has 1 amide bonds. The summed E-state index contributed by atoms with van der Waals surface area (Å²) in [6, 6.07) is 4.01. The molecule has 2 unspecified atom stereocenters. The zero-order valence-electron chi connectivity index (χ0n) is 12.8. The van der Waals surface area contributed by atoms with Crippen LogP contribution < -0.4 is 5.32 Å². The molecule has 0 aromatic carbocycles. The summed E-state index contributed by atoms with van der Waals surface area (Å²) in [5.74, 6) is 0.989. The molecule has 2 saturated heterocycles. The Morgan fingerprint density at radius 2 is 2.24 bits per heavy atom. The van der Waals surface area contributed by atoms with Crippen molar-refractivity contribution in [3.63, 3.8) is 0 Å². The van der Waals surface area contributed by atoms with Crippen LogP contribution in [0.1, 0.15) is 38.0 Å². The van der Waals surface area contributed by atoms with Crippen molar-refractivity contribution in [2.75, 3.05) is 32.7 Å². The van der Waals surface area contributed by atoms with E-state index in [0.29, 0.717) is 6.04 Å². The fourth-order valence-electron chi connectivity index (χ4n) is 3.37. The molecule has 1 N–H and O–H groups in total. The number of nitrogens with zero attached hydrogens (tertiary/aromatic N) is 2. The maximum Gasteiger partial charge on any atom is 0.247 e. The number of furan rings is 1. The number of hydrogen-bond donors (Lipinski definition) is 1. The molecular formula is C16H25N3O2. The summed E-state index contributed by atoms with van der Waals surface area (Å²) in [6.07, 6.45) is 4.99. The van der Waals surface area contributed by atoms with Gasteiger partial charge in [-0.2, -0.15) is 0 Å². The fraction of sp³-hybridized carbons (Fsp3) is 0.688. The van der Waals surface area contributed by atoms with E-state index in [9.17, 15) is 4.79 Å². The molecule has 0 bridgehead atoms. The Morgan fingerprint density at radius 3 is 2.90 bits per heavy atom. The van der Waals surface area contributed by atoms with E-state index in [-0.39, 0.29) is 11.9 Å². The number of rotatable bonds is 4. The smallest absolute Gasteiger partial charge is 0.247 e. The van der Waals surface area contributed by atoms with Gasteiger partial charge in [0.25, 0.3) is 0 Å². The van der Waals surface area contributed by atoms with Crippen LogP contribution in [-0.2, 0) is 4.79 Å². The van der Waals surface area contributed by atoms with E-state index in [2.05, 4.69) is 17.1 Å². The highest BCUT2D eigenvalue weighted by Crippen LogP contribution is 2.27. The van der Waals surface area contributed by atoms with Crippen LogP contribution in [0.25, 0.3) is 0 Å². The Hall–Kier alpha value is -1.33. The number of carbonyl (C=O) groups is 1. The lowest BCUT2D eigenvalue weighted by atomic mass is 10.1. The average molecular weight is 291 g/mol. The first-order valence-electron chi connectivity index (χ1n) is 8.09. The predicted octanol–water partition coefficient (Wildman–Crippen LogP) is 1.63. The predicted molar refractivity (Wildman–Crippen MR) is 80.9 cm³/mol. The summed E-state index contributed by atoms with van der Waals surface area (Å²) in [4.78, 5) is 17.2. The van der Waals surface area contributed by atoms with Gasteiger partial charge in [-0.15, -0.1) is 0 Å². The van der Waals surface area contributed by atoms with E-state index >= 15 is 0 Å². The van der Waals surface area contributed by atoms with Gasteiger partial charge in [0.1, 0.15) is 11.8 Å². The van der Waals surface area contributed by atoms with E-state index in [1.54, 1.807) is 6.26 Å². The van der Waals surface area contributed by atoms with Gasteiger partial charge in [0.2, 0.25) is 5.91 Å². The second-order valence-corrected chi connectivity index (χ2v) is 6.00. The third-order valence-electron chi connectivity index (χ3n) is 4.61. The molecule has 116 valence electrons. The molecular weight excluding hydrogens is 266 g/mol. The van der Waals surface area contributed by atoms with Crippen LogP contribution in [0.2, 0.25) is 0 Å². The van der Waals surface area contributed by atoms with Gasteiger partial charge >= 0.3 is 0 Å². The molecule has 2 atom stereocenters. The molecule has 5 nitrogen and oxygen atoms in total. The molecule has 0 saturated carbocycles. The van der Waals surface area contributed by atoms with Crippen LogP contribution >= 0.6 is 0 Å². The van der Waals surface area contributed by atoms with E-state index in [1.165, 1.54) is 0 Å². The maximum absolute atomic E-state index is 12.9. The lowest BCUT2D eigenvalue weighted by Gasteiger charge is -2.38. The van der Waals surface area contributed by atoms with Gasteiger partial charge in [-0.05, 0) is 31.4 Å². The lowest BCUT2D eigenvalue weighted by Crippen LogP contribution is -2.54. The number of likely N-dealkylation sites (tertiary alicyclic amines) is 1. The highest BCUT2D eigenvalue weighted by Gasteiger charge is 2.36. The van der Waals surface area contributed by atoms with Gasteiger partial charge in [-0.3, -0.25) is 9.69 Å². The molecule has 1 aromatic rings. The third kappa shape index (κ3) is 3.14. The summed E-state index contributed by atoms with van der Waals surface area (Å²) < 4.78 is 5.59. The highest BCUT2D eigenvalue weighted by molar-refractivity contribution is 5.83. The minimum Gasteiger partial charge on any atom is -0.467 e. The van der Waals surface area contributed by atoms with Crippen LogP contribution in [0.3, 0.4) is 0 Å². The Bertz CT molecular complexity index is 454. The summed E-state index contributed by atoms with van der Waals surface area (Å²) in [7, 11) is 0. The largest absolute Gasteiger partial charge is 0.467 e. The molecule has 1 aromatic heterocycles. The fourth-order valence-corrected chi connectivity index (χ4v) is 3.37. The quantitative estimate of drug-likeness (QED) is 0.916. The monoisotopic (exact) mass is 291 g/mol. The van der Waals surface area contributed by atoms with Crippen molar-refractivity contribution in [3.05, 3.63) is 24.2 Å². The van der Waals surface area contributed by atoms with Gasteiger partial charge < -0.3 is 14.6 Å². The normalized spacial score (nSPS) is 25.2. The average Bonchev–Trinajstić information content (AvgIpc) is 3.21. The van der Waals surface area contributed by atoms with Gasteiger partial charge in [0.15, 0.2) is 0 Å². The molecule has 0 radical (unpaired) electrons. The van der Waals surface area contributed by atoms with Crippen LogP contribution in [0, 0.1) is 0 Å². The highest BCUT2D eigenvalue weighted by atomic mass is 16.3. The second kappa shape index (κ2) is 6.62. The number of hydrogen-bond acceptors (Lipinski definition) is 4. The van der Waals surface area contributed by atoms with E-state index in [0.717, 1.165) is 57.7 Å².